The largest absolute Gasteiger partial charge is 0.387 e. The Labute approximate surface area is 120 Å². The van der Waals surface area contributed by atoms with E-state index in [1.807, 2.05) is 0 Å². The average molecular weight is 300 g/mol. The van der Waals surface area contributed by atoms with Crippen molar-refractivity contribution in [1.82, 2.24) is 0 Å². The van der Waals surface area contributed by atoms with E-state index in [2.05, 4.69) is 5.32 Å². The summed E-state index contributed by atoms with van der Waals surface area (Å²) in [5.74, 6) is -0.448. The van der Waals surface area contributed by atoms with Gasteiger partial charge in [-0.05, 0) is 35.9 Å². The second-order valence-corrected chi connectivity index (χ2v) is 4.95. The Morgan fingerprint density at radius 1 is 1.05 bits per heavy atom. The monoisotopic (exact) mass is 299 g/mol. The molecule has 0 aliphatic rings. The van der Waals surface area contributed by atoms with Gasteiger partial charge in [0.05, 0.1) is 11.8 Å². The molecule has 0 aliphatic heterocycles. The second kappa shape index (κ2) is 6.24. The summed E-state index contributed by atoms with van der Waals surface area (Å²) in [4.78, 5) is 0. The molecule has 0 saturated heterocycles. The van der Waals surface area contributed by atoms with Crippen LogP contribution in [-0.2, 0) is 0 Å². The van der Waals surface area contributed by atoms with E-state index in [-0.39, 0.29) is 6.54 Å². The van der Waals surface area contributed by atoms with Gasteiger partial charge in [-0.3, -0.25) is 0 Å². The van der Waals surface area contributed by atoms with Crippen LogP contribution >= 0.6 is 23.2 Å². The lowest BCUT2D eigenvalue weighted by Crippen LogP contribution is -2.12. The molecule has 2 aromatic carbocycles. The van der Waals surface area contributed by atoms with E-state index < -0.39 is 11.9 Å². The average Bonchev–Trinajstić information content (AvgIpc) is 2.38. The van der Waals surface area contributed by atoms with Crippen molar-refractivity contribution >= 4 is 28.9 Å². The Bertz CT molecular complexity index is 560. The molecular formula is C14H12Cl2FNO. The van der Waals surface area contributed by atoms with Crippen LogP contribution in [0.5, 0.6) is 0 Å². The minimum absolute atomic E-state index is 0.195. The number of rotatable bonds is 4. The molecule has 0 radical (unpaired) electrons. The number of aliphatic hydroxyl groups excluding tert-OH is 1. The Kier molecular flexibility index (Phi) is 4.64. The summed E-state index contributed by atoms with van der Waals surface area (Å²) in [6, 6.07) is 11.2. The van der Waals surface area contributed by atoms with Gasteiger partial charge in [-0.2, -0.15) is 0 Å². The van der Waals surface area contributed by atoms with Crippen molar-refractivity contribution in [3.05, 3.63) is 63.9 Å². The van der Waals surface area contributed by atoms with Crippen molar-refractivity contribution in [3.8, 4) is 0 Å². The van der Waals surface area contributed by atoms with E-state index in [0.717, 1.165) is 0 Å². The third kappa shape index (κ3) is 3.83. The van der Waals surface area contributed by atoms with E-state index in [1.165, 1.54) is 12.1 Å². The summed E-state index contributed by atoms with van der Waals surface area (Å²) < 4.78 is 13.5. The van der Waals surface area contributed by atoms with Gasteiger partial charge in [-0.25, -0.2) is 4.39 Å². The van der Waals surface area contributed by atoms with Crippen LogP contribution in [0.25, 0.3) is 0 Å². The fraction of sp³-hybridized carbons (Fsp3) is 0.143. The molecule has 1 atom stereocenters. The first-order valence-electron chi connectivity index (χ1n) is 5.69. The second-order valence-electron chi connectivity index (χ2n) is 4.07. The molecule has 100 valence electrons. The first kappa shape index (κ1) is 14.1. The molecule has 0 spiro atoms. The van der Waals surface area contributed by atoms with Crippen LogP contribution in [0, 0.1) is 5.82 Å². The van der Waals surface area contributed by atoms with Crippen molar-refractivity contribution in [3.63, 3.8) is 0 Å². The number of anilines is 1. The van der Waals surface area contributed by atoms with Crippen molar-refractivity contribution in [2.45, 2.75) is 6.10 Å². The van der Waals surface area contributed by atoms with Gasteiger partial charge in [0.25, 0.3) is 0 Å². The van der Waals surface area contributed by atoms with Crippen molar-refractivity contribution in [2.75, 3.05) is 11.9 Å². The van der Waals surface area contributed by atoms with Gasteiger partial charge in [0.1, 0.15) is 5.82 Å². The molecule has 0 aromatic heterocycles. The summed E-state index contributed by atoms with van der Waals surface area (Å²) >= 11 is 11.4. The van der Waals surface area contributed by atoms with E-state index in [0.29, 0.717) is 21.3 Å². The zero-order chi connectivity index (χ0) is 13.8. The highest BCUT2D eigenvalue weighted by atomic mass is 35.5. The Hall–Kier alpha value is -1.29. The zero-order valence-corrected chi connectivity index (χ0v) is 11.4. The lowest BCUT2D eigenvalue weighted by Gasteiger charge is -2.14. The number of benzene rings is 2. The summed E-state index contributed by atoms with van der Waals surface area (Å²) in [7, 11) is 0. The van der Waals surface area contributed by atoms with Crippen LogP contribution in [0.2, 0.25) is 10.0 Å². The molecule has 2 rings (SSSR count). The van der Waals surface area contributed by atoms with Gasteiger partial charge in [-0.1, -0.05) is 35.3 Å². The summed E-state index contributed by atoms with van der Waals surface area (Å²) in [5.41, 5.74) is 1.02. The molecule has 19 heavy (non-hydrogen) atoms. The van der Waals surface area contributed by atoms with Gasteiger partial charge in [0, 0.05) is 16.6 Å². The van der Waals surface area contributed by atoms with E-state index in [1.54, 1.807) is 30.3 Å². The highest BCUT2D eigenvalue weighted by molar-refractivity contribution is 6.30. The molecule has 5 heteroatoms. The summed E-state index contributed by atoms with van der Waals surface area (Å²) in [6.45, 7) is 0.195. The van der Waals surface area contributed by atoms with E-state index in [4.69, 9.17) is 23.2 Å². The third-order valence-corrected chi connectivity index (χ3v) is 3.16. The number of halogens is 3. The molecule has 2 nitrogen and oxygen atoms in total. The first-order chi connectivity index (χ1) is 9.06. The van der Waals surface area contributed by atoms with Gasteiger partial charge in [0.2, 0.25) is 0 Å². The maximum Gasteiger partial charge on any atom is 0.147 e. The Morgan fingerprint density at radius 3 is 2.32 bits per heavy atom. The lowest BCUT2D eigenvalue weighted by molar-refractivity contribution is 0.191. The molecule has 0 amide bonds. The van der Waals surface area contributed by atoms with Crippen molar-refractivity contribution in [2.24, 2.45) is 0 Å². The predicted octanol–water partition coefficient (Wildman–Crippen LogP) is 4.28. The van der Waals surface area contributed by atoms with Gasteiger partial charge >= 0.3 is 0 Å². The van der Waals surface area contributed by atoms with Crippen molar-refractivity contribution in [1.29, 1.82) is 0 Å². The lowest BCUT2D eigenvalue weighted by atomic mass is 10.1. The zero-order valence-electron chi connectivity index (χ0n) is 9.91. The van der Waals surface area contributed by atoms with Gasteiger partial charge in [-0.15, -0.1) is 0 Å². The van der Waals surface area contributed by atoms with Crippen LogP contribution in [0.1, 0.15) is 11.7 Å². The molecule has 0 aliphatic carbocycles. The van der Waals surface area contributed by atoms with Crippen LogP contribution in [0.15, 0.2) is 42.5 Å². The predicted molar refractivity (Wildman–Crippen MR) is 76.3 cm³/mol. The normalized spacial score (nSPS) is 12.2. The van der Waals surface area contributed by atoms with E-state index in [9.17, 15) is 9.50 Å². The van der Waals surface area contributed by atoms with Crippen LogP contribution in [-0.4, -0.2) is 11.7 Å². The molecule has 0 heterocycles. The fourth-order valence-corrected chi connectivity index (χ4v) is 1.93. The maximum atomic E-state index is 13.5. The maximum absolute atomic E-state index is 13.5. The highest BCUT2D eigenvalue weighted by Crippen LogP contribution is 2.21. The molecular weight excluding hydrogens is 288 g/mol. The fourth-order valence-electron chi connectivity index (χ4n) is 1.64. The quantitative estimate of drug-likeness (QED) is 0.883. The summed E-state index contributed by atoms with van der Waals surface area (Å²) in [6.07, 6.45) is -0.743. The first-order valence-corrected chi connectivity index (χ1v) is 6.44. The SMILES string of the molecule is OC(CNc1ccc(Cl)cc1F)c1ccc(Cl)cc1. The minimum atomic E-state index is -0.743. The molecule has 1 unspecified atom stereocenters. The molecule has 0 fully saturated rings. The summed E-state index contributed by atoms with van der Waals surface area (Å²) in [5, 5.41) is 13.7. The van der Waals surface area contributed by atoms with Crippen LogP contribution in [0.4, 0.5) is 10.1 Å². The number of nitrogens with one attached hydrogen (secondary N) is 1. The standard InChI is InChI=1S/C14H12Cl2FNO/c15-10-3-1-9(2-4-10)14(19)8-18-13-6-5-11(16)7-12(13)17/h1-7,14,18-19H,8H2. The Balaban J connectivity index is 2.00. The van der Waals surface area contributed by atoms with Crippen molar-refractivity contribution < 1.29 is 9.50 Å². The van der Waals surface area contributed by atoms with Gasteiger partial charge in [0.15, 0.2) is 0 Å². The topological polar surface area (TPSA) is 32.3 Å². The Morgan fingerprint density at radius 2 is 1.68 bits per heavy atom. The number of hydrogen-bond donors (Lipinski definition) is 2. The van der Waals surface area contributed by atoms with E-state index >= 15 is 0 Å². The van der Waals surface area contributed by atoms with Gasteiger partial charge < -0.3 is 10.4 Å². The number of aliphatic hydroxyl groups is 1. The molecule has 0 saturated carbocycles. The highest BCUT2D eigenvalue weighted by Gasteiger charge is 2.09. The minimum Gasteiger partial charge on any atom is -0.387 e. The molecule has 2 N–H and O–H groups in total. The number of hydrogen-bond acceptors (Lipinski definition) is 2. The molecule has 2 aromatic rings. The molecule has 0 bridgehead atoms. The van der Waals surface area contributed by atoms with Crippen LogP contribution in [0.3, 0.4) is 0 Å². The smallest absolute Gasteiger partial charge is 0.147 e. The van der Waals surface area contributed by atoms with Crippen LogP contribution < -0.4 is 5.32 Å². The third-order valence-electron chi connectivity index (χ3n) is 2.67.